The molecule has 0 radical (unpaired) electrons. The average Bonchev–Trinajstić information content (AvgIpc) is 2.86. The van der Waals surface area contributed by atoms with Gasteiger partial charge in [-0.3, -0.25) is 9.69 Å². The molecule has 1 amide bonds. The summed E-state index contributed by atoms with van der Waals surface area (Å²) in [4.78, 5) is 19.0. The van der Waals surface area contributed by atoms with Gasteiger partial charge in [0.1, 0.15) is 0 Å². The van der Waals surface area contributed by atoms with Crippen molar-refractivity contribution >= 4 is 35.0 Å². The number of hydrogen-bond donors (Lipinski definition) is 0. The molecule has 0 saturated heterocycles. The van der Waals surface area contributed by atoms with Gasteiger partial charge in [-0.05, 0) is 24.1 Å². The third kappa shape index (κ3) is 4.13. The molecule has 0 unspecified atom stereocenters. The number of carbonyl (C=O) groups is 1. The monoisotopic (exact) mass is 440 g/mol. The number of anilines is 1. The number of aromatic nitrogens is 3. The van der Waals surface area contributed by atoms with Crippen LogP contribution in [0.1, 0.15) is 32.6 Å². The van der Waals surface area contributed by atoms with E-state index in [-0.39, 0.29) is 5.91 Å². The van der Waals surface area contributed by atoms with E-state index in [1.807, 2.05) is 36.4 Å². The van der Waals surface area contributed by atoms with Crippen molar-refractivity contribution in [1.82, 2.24) is 15.2 Å². The summed E-state index contributed by atoms with van der Waals surface area (Å²) in [5.74, 6) is 1.54. The van der Waals surface area contributed by atoms with Gasteiger partial charge in [0.15, 0.2) is 5.69 Å². The lowest BCUT2D eigenvalue weighted by molar-refractivity contribution is -0.118. The summed E-state index contributed by atoms with van der Waals surface area (Å²) in [7, 11) is 0. The summed E-state index contributed by atoms with van der Waals surface area (Å²) in [6.07, 6.45) is -0.733. The van der Waals surface area contributed by atoms with Crippen molar-refractivity contribution in [3.05, 3.63) is 59.1 Å². The van der Waals surface area contributed by atoms with Crippen molar-refractivity contribution in [2.45, 2.75) is 32.2 Å². The maximum absolute atomic E-state index is 12.7. The van der Waals surface area contributed by atoms with E-state index < -0.39 is 6.23 Å². The van der Waals surface area contributed by atoms with Crippen molar-refractivity contribution < 1.29 is 9.53 Å². The third-order valence-electron chi connectivity index (χ3n) is 4.53. The molecule has 0 saturated carbocycles. The van der Waals surface area contributed by atoms with Gasteiger partial charge in [0.2, 0.25) is 23.2 Å². The zero-order valence-electron chi connectivity index (χ0n) is 16.9. The fourth-order valence-corrected chi connectivity index (χ4v) is 4.16. The van der Waals surface area contributed by atoms with Crippen LogP contribution in [0.2, 0.25) is 5.02 Å². The number of rotatable bonds is 4. The maximum atomic E-state index is 12.7. The average molecular weight is 441 g/mol. The topological polar surface area (TPSA) is 68.2 Å². The van der Waals surface area contributed by atoms with E-state index in [9.17, 15) is 4.79 Å². The Morgan fingerprint density at radius 2 is 2.00 bits per heavy atom. The minimum atomic E-state index is -0.733. The molecular formula is C22H21ClN4O2S. The Morgan fingerprint density at radius 1 is 1.20 bits per heavy atom. The first-order valence-electron chi connectivity index (χ1n) is 9.63. The molecule has 154 valence electrons. The molecule has 0 bridgehead atoms. The van der Waals surface area contributed by atoms with Gasteiger partial charge in [-0.15, -0.1) is 10.2 Å². The molecule has 2 aromatic carbocycles. The molecule has 1 atom stereocenters. The summed E-state index contributed by atoms with van der Waals surface area (Å²) in [5.41, 5.74) is 2.69. The van der Waals surface area contributed by atoms with Crippen LogP contribution in [0.5, 0.6) is 5.88 Å². The lowest BCUT2D eigenvalue weighted by atomic mass is 10.1. The van der Waals surface area contributed by atoms with Crippen molar-refractivity contribution in [2.24, 2.45) is 5.92 Å². The minimum Gasteiger partial charge on any atom is -0.447 e. The fourth-order valence-electron chi connectivity index (χ4n) is 3.23. The van der Waals surface area contributed by atoms with Gasteiger partial charge in [-0.25, -0.2) is 0 Å². The van der Waals surface area contributed by atoms with E-state index in [1.165, 1.54) is 18.7 Å². The van der Waals surface area contributed by atoms with Gasteiger partial charge in [-0.1, -0.05) is 67.5 Å². The van der Waals surface area contributed by atoms with E-state index in [1.54, 1.807) is 17.0 Å². The zero-order valence-corrected chi connectivity index (χ0v) is 18.4. The Balaban J connectivity index is 1.88. The van der Waals surface area contributed by atoms with Gasteiger partial charge in [0.05, 0.1) is 5.69 Å². The number of ether oxygens (including phenoxy) is 1. The number of benzene rings is 2. The smallest absolute Gasteiger partial charge is 0.247 e. The van der Waals surface area contributed by atoms with Crippen LogP contribution in [0.4, 0.5) is 5.69 Å². The minimum absolute atomic E-state index is 0.164. The molecule has 2 heterocycles. The fraction of sp³-hybridized carbons (Fsp3) is 0.273. The van der Waals surface area contributed by atoms with Gasteiger partial charge in [0.25, 0.3) is 0 Å². The van der Waals surface area contributed by atoms with Crippen molar-refractivity contribution in [2.75, 3.05) is 10.7 Å². The molecule has 6 nitrogen and oxygen atoms in total. The molecule has 1 aliphatic heterocycles. The van der Waals surface area contributed by atoms with Crippen LogP contribution in [0.3, 0.4) is 0 Å². The number of amides is 1. The Kier molecular flexibility index (Phi) is 5.92. The van der Waals surface area contributed by atoms with Crippen LogP contribution in [-0.2, 0) is 4.79 Å². The summed E-state index contributed by atoms with van der Waals surface area (Å²) < 4.78 is 6.32. The Labute approximate surface area is 184 Å². The van der Waals surface area contributed by atoms with Gasteiger partial charge >= 0.3 is 0 Å². The van der Waals surface area contributed by atoms with E-state index in [4.69, 9.17) is 16.3 Å². The number of para-hydroxylation sites is 1. The second-order valence-electron chi connectivity index (χ2n) is 7.38. The van der Waals surface area contributed by atoms with Gasteiger partial charge in [-0.2, -0.15) is 4.98 Å². The van der Waals surface area contributed by atoms with Crippen LogP contribution in [0, 0.1) is 5.92 Å². The lowest BCUT2D eigenvalue weighted by Gasteiger charge is -2.29. The highest BCUT2D eigenvalue weighted by atomic mass is 35.5. The van der Waals surface area contributed by atoms with Crippen molar-refractivity contribution in [1.29, 1.82) is 0 Å². The number of carbonyl (C=O) groups excluding carboxylic acids is 1. The summed E-state index contributed by atoms with van der Waals surface area (Å²) in [5, 5.41) is 9.80. The quantitative estimate of drug-likeness (QED) is 0.507. The van der Waals surface area contributed by atoms with Crippen LogP contribution in [0.15, 0.2) is 53.7 Å². The van der Waals surface area contributed by atoms with Crippen LogP contribution in [0.25, 0.3) is 11.3 Å². The molecule has 8 heteroatoms. The first kappa shape index (κ1) is 20.6. The molecule has 4 rings (SSSR count). The highest BCUT2D eigenvalue weighted by Crippen LogP contribution is 2.43. The number of hydrogen-bond acceptors (Lipinski definition) is 6. The predicted molar refractivity (Wildman–Crippen MR) is 119 cm³/mol. The predicted octanol–water partition coefficient (Wildman–Crippen LogP) is 5.38. The normalized spacial score (nSPS) is 15.2. The maximum Gasteiger partial charge on any atom is 0.247 e. The largest absolute Gasteiger partial charge is 0.447 e. The molecule has 0 spiro atoms. The van der Waals surface area contributed by atoms with E-state index in [2.05, 4.69) is 29.0 Å². The second-order valence-corrected chi connectivity index (χ2v) is 8.81. The highest BCUT2D eigenvalue weighted by Gasteiger charge is 2.34. The molecule has 1 aliphatic rings. The number of thioether (sulfide) groups is 1. The zero-order chi connectivity index (χ0) is 21.3. The molecule has 30 heavy (non-hydrogen) atoms. The summed E-state index contributed by atoms with van der Waals surface area (Å²) in [6, 6.07) is 14.8. The number of nitrogens with zero attached hydrogens (tertiary/aromatic N) is 4. The van der Waals surface area contributed by atoms with Crippen molar-refractivity contribution in [3.8, 4) is 17.1 Å². The molecule has 1 aromatic heterocycles. The molecule has 0 fully saturated rings. The summed E-state index contributed by atoms with van der Waals surface area (Å²) >= 11 is 7.76. The first-order valence-corrected chi connectivity index (χ1v) is 11.0. The lowest BCUT2D eigenvalue weighted by Crippen LogP contribution is -2.36. The van der Waals surface area contributed by atoms with E-state index >= 15 is 0 Å². The second kappa shape index (κ2) is 8.62. The summed E-state index contributed by atoms with van der Waals surface area (Å²) in [6.45, 7) is 5.78. The molecule has 3 aromatic rings. The van der Waals surface area contributed by atoms with Crippen LogP contribution < -0.4 is 9.64 Å². The van der Waals surface area contributed by atoms with Gasteiger partial charge in [0, 0.05) is 28.8 Å². The molecular weight excluding hydrogens is 420 g/mol. The van der Waals surface area contributed by atoms with Crippen molar-refractivity contribution in [3.63, 3.8) is 0 Å². The number of fused-ring (bicyclic) bond motifs is 3. The van der Waals surface area contributed by atoms with E-state index in [0.29, 0.717) is 33.4 Å². The Hall–Kier alpha value is -2.64. The highest BCUT2D eigenvalue weighted by molar-refractivity contribution is 7.99. The van der Waals surface area contributed by atoms with E-state index in [0.717, 1.165) is 16.9 Å². The third-order valence-corrected chi connectivity index (χ3v) is 6.03. The number of halogens is 1. The first-order chi connectivity index (χ1) is 14.4. The van der Waals surface area contributed by atoms with Gasteiger partial charge < -0.3 is 4.74 Å². The molecule has 0 N–H and O–H groups in total. The Bertz CT molecular complexity index is 1090. The standard InChI is InChI=1S/C22H21ClN4O2S/c1-13(2)12-30-22-24-20-19(25-26-22)17-9-4-5-10-18(17)27(14(3)28)21(29-20)15-7-6-8-16(23)11-15/h4-11,13,21H,12H2,1-3H3/t21-/m1/s1. The van der Waals surface area contributed by atoms with Crippen LogP contribution in [-0.4, -0.2) is 26.8 Å². The molecule has 0 aliphatic carbocycles. The van der Waals surface area contributed by atoms with Crippen LogP contribution >= 0.6 is 23.4 Å². The Morgan fingerprint density at radius 3 is 2.73 bits per heavy atom. The SMILES string of the molecule is CC(=O)N1c2ccccc2-c2nnc(SCC(C)C)nc2O[C@@H]1c1cccc(Cl)c1.